The molecule has 0 fully saturated rings. The Morgan fingerprint density at radius 3 is 2.47 bits per heavy atom. The van der Waals surface area contributed by atoms with Crippen molar-refractivity contribution in [2.45, 2.75) is 19.9 Å². The number of pyridine rings is 1. The molecule has 1 aromatic rings. The largest absolute Gasteiger partial charge is 0.323 e. The summed E-state index contributed by atoms with van der Waals surface area (Å²) in [5, 5.41) is 0. The number of hydrogen-bond donors (Lipinski definition) is 2. The first-order chi connectivity index (χ1) is 6.79. The molecular formula is C9H15N3O2S. The second-order valence-electron chi connectivity index (χ2n) is 3.53. The molecule has 0 amide bonds. The first-order valence-corrected chi connectivity index (χ1v) is 6.39. The van der Waals surface area contributed by atoms with E-state index in [1.54, 1.807) is 19.1 Å². The molecule has 0 aliphatic rings. The summed E-state index contributed by atoms with van der Waals surface area (Å²) >= 11 is 0. The van der Waals surface area contributed by atoms with E-state index in [0.29, 0.717) is 11.4 Å². The normalized spacial score (nSPS) is 13.6. The van der Waals surface area contributed by atoms with Crippen LogP contribution >= 0.6 is 0 Å². The maximum absolute atomic E-state index is 11.0. The highest BCUT2D eigenvalue weighted by Gasteiger charge is 2.08. The zero-order valence-electron chi connectivity index (χ0n) is 8.98. The van der Waals surface area contributed by atoms with E-state index in [1.807, 2.05) is 6.92 Å². The Morgan fingerprint density at radius 1 is 1.47 bits per heavy atom. The highest BCUT2D eigenvalue weighted by molar-refractivity contribution is 7.92. The van der Waals surface area contributed by atoms with E-state index in [0.717, 1.165) is 11.9 Å². The topological polar surface area (TPSA) is 85.1 Å². The number of hydrogen-bond acceptors (Lipinski definition) is 4. The zero-order valence-corrected chi connectivity index (χ0v) is 9.80. The van der Waals surface area contributed by atoms with Gasteiger partial charge in [0.1, 0.15) is 0 Å². The van der Waals surface area contributed by atoms with Crippen molar-refractivity contribution >= 4 is 15.7 Å². The van der Waals surface area contributed by atoms with Crippen molar-refractivity contribution in [2.75, 3.05) is 11.0 Å². The van der Waals surface area contributed by atoms with E-state index in [9.17, 15) is 8.42 Å². The fraction of sp³-hybridized carbons (Fsp3) is 0.444. The van der Waals surface area contributed by atoms with Crippen molar-refractivity contribution in [2.24, 2.45) is 5.73 Å². The predicted molar refractivity (Wildman–Crippen MR) is 60.0 cm³/mol. The molecule has 6 heteroatoms. The quantitative estimate of drug-likeness (QED) is 0.802. The van der Waals surface area contributed by atoms with Gasteiger partial charge < -0.3 is 5.73 Å². The van der Waals surface area contributed by atoms with Gasteiger partial charge in [0.15, 0.2) is 0 Å². The van der Waals surface area contributed by atoms with E-state index < -0.39 is 10.0 Å². The zero-order chi connectivity index (χ0) is 11.6. The third kappa shape index (κ3) is 3.49. The average molecular weight is 229 g/mol. The summed E-state index contributed by atoms with van der Waals surface area (Å²) in [6, 6.07) is 3.23. The number of nitrogens with zero attached hydrogens (tertiary/aromatic N) is 1. The number of nitrogens with two attached hydrogens (primary N) is 1. The van der Waals surface area contributed by atoms with Crippen LogP contribution in [0.15, 0.2) is 12.1 Å². The van der Waals surface area contributed by atoms with Crippen molar-refractivity contribution in [3.63, 3.8) is 0 Å². The first-order valence-electron chi connectivity index (χ1n) is 4.50. The molecule has 0 spiro atoms. The Bertz CT molecular complexity index is 454. The lowest BCUT2D eigenvalue weighted by atomic mass is 10.2. The van der Waals surface area contributed by atoms with Gasteiger partial charge in [-0.2, -0.15) is 0 Å². The van der Waals surface area contributed by atoms with Gasteiger partial charge in [-0.3, -0.25) is 9.71 Å². The number of aryl methyl sites for hydroxylation is 1. The highest BCUT2D eigenvalue weighted by Crippen LogP contribution is 2.16. The van der Waals surface area contributed by atoms with E-state index in [-0.39, 0.29) is 6.04 Å². The SMILES string of the molecule is Cc1nc(C(C)N)ccc1NS(C)(=O)=O. The van der Waals surface area contributed by atoms with Gasteiger partial charge in [0.2, 0.25) is 10.0 Å². The van der Waals surface area contributed by atoms with Gasteiger partial charge in [-0.05, 0) is 26.0 Å². The summed E-state index contributed by atoms with van der Waals surface area (Å²) in [4.78, 5) is 4.20. The molecule has 0 aliphatic carbocycles. The molecule has 0 bridgehead atoms. The molecule has 1 atom stereocenters. The second kappa shape index (κ2) is 4.16. The van der Waals surface area contributed by atoms with Gasteiger partial charge in [0, 0.05) is 6.04 Å². The van der Waals surface area contributed by atoms with Gasteiger partial charge in [-0.15, -0.1) is 0 Å². The van der Waals surface area contributed by atoms with Crippen LogP contribution in [0.5, 0.6) is 0 Å². The number of aromatic nitrogens is 1. The van der Waals surface area contributed by atoms with Crippen LogP contribution in [-0.4, -0.2) is 19.7 Å². The minimum Gasteiger partial charge on any atom is -0.323 e. The Hall–Kier alpha value is -1.14. The maximum Gasteiger partial charge on any atom is 0.229 e. The Balaban J connectivity index is 3.04. The van der Waals surface area contributed by atoms with Crippen LogP contribution in [0.25, 0.3) is 0 Å². The summed E-state index contributed by atoms with van der Waals surface area (Å²) in [6.45, 7) is 3.56. The molecule has 15 heavy (non-hydrogen) atoms. The van der Waals surface area contributed by atoms with E-state index in [4.69, 9.17) is 5.73 Å². The maximum atomic E-state index is 11.0. The molecule has 84 valence electrons. The number of sulfonamides is 1. The summed E-state index contributed by atoms with van der Waals surface area (Å²) in [7, 11) is -3.25. The monoisotopic (exact) mass is 229 g/mol. The first kappa shape index (κ1) is 11.9. The van der Waals surface area contributed by atoms with Crippen LogP contribution in [0.1, 0.15) is 24.4 Å². The number of nitrogens with one attached hydrogen (secondary N) is 1. The molecule has 1 rings (SSSR count). The smallest absolute Gasteiger partial charge is 0.229 e. The van der Waals surface area contributed by atoms with Crippen molar-refractivity contribution in [1.29, 1.82) is 0 Å². The minimum atomic E-state index is -3.25. The Kier molecular flexibility index (Phi) is 3.31. The molecule has 1 heterocycles. The molecule has 0 saturated heterocycles. The van der Waals surface area contributed by atoms with E-state index >= 15 is 0 Å². The summed E-state index contributed by atoms with van der Waals surface area (Å²) < 4.78 is 24.4. The molecule has 0 aromatic carbocycles. The molecule has 5 nitrogen and oxygen atoms in total. The van der Waals surface area contributed by atoms with Gasteiger partial charge in [0.25, 0.3) is 0 Å². The third-order valence-corrected chi connectivity index (χ3v) is 2.46. The van der Waals surface area contributed by atoms with Crippen LogP contribution in [0.2, 0.25) is 0 Å². The predicted octanol–water partition coefficient (Wildman–Crippen LogP) is 0.781. The van der Waals surface area contributed by atoms with Crippen LogP contribution in [0.3, 0.4) is 0 Å². The minimum absolute atomic E-state index is 0.156. The second-order valence-corrected chi connectivity index (χ2v) is 5.28. The number of rotatable bonds is 3. The van der Waals surface area contributed by atoms with Crippen LogP contribution in [0.4, 0.5) is 5.69 Å². The standard InChI is InChI=1S/C9H15N3O2S/c1-6(10)8-4-5-9(7(2)11-8)12-15(3,13)14/h4-6,12H,10H2,1-3H3. The van der Waals surface area contributed by atoms with Crippen LogP contribution in [0, 0.1) is 6.92 Å². The molecule has 0 saturated carbocycles. The van der Waals surface area contributed by atoms with Gasteiger partial charge in [-0.25, -0.2) is 8.42 Å². The molecule has 3 N–H and O–H groups in total. The Morgan fingerprint density at radius 2 is 2.07 bits per heavy atom. The lowest BCUT2D eigenvalue weighted by molar-refractivity contribution is 0.606. The molecule has 0 radical (unpaired) electrons. The van der Waals surface area contributed by atoms with Crippen molar-refractivity contribution in [3.05, 3.63) is 23.5 Å². The fourth-order valence-corrected chi connectivity index (χ4v) is 1.76. The van der Waals surface area contributed by atoms with E-state index in [2.05, 4.69) is 9.71 Å². The highest BCUT2D eigenvalue weighted by atomic mass is 32.2. The molecule has 1 unspecified atom stereocenters. The lowest BCUT2D eigenvalue weighted by Gasteiger charge is -2.10. The van der Waals surface area contributed by atoms with Crippen LogP contribution in [-0.2, 0) is 10.0 Å². The Labute approximate surface area is 89.8 Å². The lowest BCUT2D eigenvalue weighted by Crippen LogP contribution is -2.13. The van der Waals surface area contributed by atoms with Gasteiger partial charge in [0.05, 0.1) is 23.3 Å². The van der Waals surface area contributed by atoms with Gasteiger partial charge >= 0.3 is 0 Å². The number of anilines is 1. The van der Waals surface area contributed by atoms with Crippen molar-refractivity contribution in [1.82, 2.24) is 4.98 Å². The molecule has 0 aliphatic heterocycles. The van der Waals surface area contributed by atoms with Crippen LogP contribution < -0.4 is 10.5 Å². The third-order valence-electron chi connectivity index (χ3n) is 1.87. The average Bonchev–Trinajstić information content (AvgIpc) is 2.05. The molecular weight excluding hydrogens is 214 g/mol. The van der Waals surface area contributed by atoms with Crippen molar-refractivity contribution in [3.8, 4) is 0 Å². The van der Waals surface area contributed by atoms with E-state index in [1.165, 1.54) is 0 Å². The summed E-state index contributed by atoms with van der Waals surface area (Å²) in [5.74, 6) is 0. The summed E-state index contributed by atoms with van der Waals surface area (Å²) in [6.07, 6.45) is 1.10. The molecule has 1 aromatic heterocycles. The fourth-order valence-electron chi connectivity index (χ4n) is 1.14. The summed E-state index contributed by atoms with van der Waals surface area (Å²) in [5.41, 5.74) is 7.51. The van der Waals surface area contributed by atoms with Crippen molar-refractivity contribution < 1.29 is 8.42 Å². The van der Waals surface area contributed by atoms with Gasteiger partial charge in [-0.1, -0.05) is 0 Å².